The largest absolute Gasteiger partial charge is 0.481 e. The lowest BCUT2D eigenvalue weighted by Gasteiger charge is -2.27. The highest BCUT2D eigenvalue weighted by Crippen LogP contribution is 2.43. The van der Waals surface area contributed by atoms with Gasteiger partial charge < -0.3 is 15.0 Å². The van der Waals surface area contributed by atoms with Gasteiger partial charge in [-0.05, 0) is 24.3 Å². The molecule has 3 aromatic rings. The maximum atomic E-state index is 11.9. The third kappa shape index (κ3) is 3.56. The van der Waals surface area contributed by atoms with E-state index in [0.29, 0.717) is 16.5 Å². The number of ether oxygens (including phenoxy) is 1. The molecule has 1 amide bonds. The van der Waals surface area contributed by atoms with Gasteiger partial charge in [0.15, 0.2) is 17.5 Å². The van der Waals surface area contributed by atoms with E-state index in [2.05, 4.69) is 10.3 Å². The number of carbonyl (C=O) groups is 1. The second kappa shape index (κ2) is 7.65. The number of hydrogen-bond acceptors (Lipinski definition) is 5. The van der Waals surface area contributed by atoms with E-state index in [0.717, 1.165) is 22.1 Å². The monoisotopic (exact) mass is 451 g/mol. The zero-order chi connectivity index (χ0) is 17.4. The smallest absolute Gasteiger partial charge is 0.264 e. The van der Waals surface area contributed by atoms with Gasteiger partial charge in [0.1, 0.15) is 0 Å². The first kappa shape index (κ1) is 18.7. The summed E-state index contributed by atoms with van der Waals surface area (Å²) in [6, 6.07) is 13.4. The number of aromatic nitrogens is 1. The first-order valence-corrected chi connectivity index (χ1v) is 8.88. The molecule has 5 nitrogen and oxygen atoms in total. The SMILES string of the molecule is Br.CN1C(=O)COc2c(-c3csc(Nc4ccccc4)n3)cc(Cl)cc21. The van der Waals surface area contributed by atoms with E-state index in [1.807, 2.05) is 41.8 Å². The van der Waals surface area contributed by atoms with Crippen molar-refractivity contribution in [3.05, 3.63) is 52.9 Å². The van der Waals surface area contributed by atoms with Crippen molar-refractivity contribution in [2.45, 2.75) is 0 Å². The third-order valence-electron chi connectivity index (χ3n) is 3.91. The van der Waals surface area contributed by atoms with Crippen LogP contribution in [-0.4, -0.2) is 24.5 Å². The van der Waals surface area contributed by atoms with Crippen molar-refractivity contribution >= 4 is 62.3 Å². The highest BCUT2D eigenvalue weighted by Gasteiger charge is 2.26. The summed E-state index contributed by atoms with van der Waals surface area (Å²) in [5.74, 6) is 0.522. The second-order valence-corrected chi connectivity index (χ2v) is 6.87. The molecule has 0 saturated heterocycles. The number of benzene rings is 2. The Morgan fingerprint density at radius 1 is 1.27 bits per heavy atom. The molecule has 1 aliphatic heterocycles. The van der Waals surface area contributed by atoms with Gasteiger partial charge in [-0.15, -0.1) is 28.3 Å². The molecule has 0 radical (unpaired) electrons. The number of likely N-dealkylation sites (N-methyl/N-ethyl adjacent to an activating group) is 1. The van der Waals surface area contributed by atoms with Crippen molar-refractivity contribution < 1.29 is 9.53 Å². The van der Waals surface area contributed by atoms with Crippen LogP contribution < -0.4 is 15.0 Å². The first-order valence-electron chi connectivity index (χ1n) is 7.62. The van der Waals surface area contributed by atoms with Crippen LogP contribution in [0.1, 0.15) is 0 Å². The van der Waals surface area contributed by atoms with Crippen molar-refractivity contribution in [1.82, 2.24) is 4.98 Å². The molecule has 1 aromatic heterocycles. The Balaban J connectivity index is 0.00000196. The molecule has 0 bridgehead atoms. The Morgan fingerprint density at radius 3 is 2.81 bits per heavy atom. The number of thiazole rings is 1. The number of nitrogens with zero attached hydrogens (tertiary/aromatic N) is 2. The van der Waals surface area contributed by atoms with E-state index in [-0.39, 0.29) is 29.5 Å². The van der Waals surface area contributed by atoms with E-state index >= 15 is 0 Å². The molecule has 0 fully saturated rings. The number of rotatable bonds is 3. The van der Waals surface area contributed by atoms with E-state index < -0.39 is 0 Å². The maximum absolute atomic E-state index is 11.9. The number of para-hydroxylation sites is 1. The van der Waals surface area contributed by atoms with Crippen molar-refractivity contribution in [1.29, 1.82) is 0 Å². The lowest BCUT2D eigenvalue weighted by Crippen LogP contribution is -2.35. The molecule has 2 aromatic carbocycles. The summed E-state index contributed by atoms with van der Waals surface area (Å²) in [5.41, 5.74) is 3.16. The molecular formula is C18H15BrClN3O2S. The quantitative estimate of drug-likeness (QED) is 0.598. The van der Waals surface area contributed by atoms with Crippen LogP contribution in [0.3, 0.4) is 0 Å². The topological polar surface area (TPSA) is 54.5 Å². The minimum absolute atomic E-state index is 0. The van der Waals surface area contributed by atoms with E-state index in [1.165, 1.54) is 11.3 Å². The molecule has 0 aliphatic carbocycles. The highest BCUT2D eigenvalue weighted by molar-refractivity contribution is 8.93. The first-order chi connectivity index (χ1) is 12.1. The molecular weight excluding hydrogens is 438 g/mol. The molecule has 0 saturated carbocycles. The Labute approximate surface area is 170 Å². The van der Waals surface area contributed by atoms with Gasteiger partial charge in [-0.25, -0.2) is 4.98 Å². The summed E-state index contributed by atoms with van der Waals surface area (Å²) in [7, 11) is 1.72. The fourth-order valence-corrected chi connectivity index (χ4v) is 3.58. The molecule has 26 heavy (non-hydrogen) atoms. The molecule has 2 heterocycles. The Morgan fingerprint density at radius 2 is 2.04 bits per heavy atom. The number of fused-ring (bicyclic) bond motifs is 1. The van der Waals surface area contributed by atoms with Crippen LogP contribution in [0.25, 0.3) is 11.3 Å². The molecule has 0 spiro atoms. The van der Waals surface area contributed by atoms with Crippen molar-refractivity contribution in [3.63, 3.8) is 0 Å². The summed E-state index contributed by atoms with van der Waals surface area (Å²) in [6.45, 7) is 0.0113. The molecule has 0 atom stereocenters. The van der Waals surface area contributed by atoms with Crippen molar-refractivity contribution in [3.8, 4) is 17.0 Å². The predicted octanol–water partition coefficient (Wildman–Crippen LogP) is 5.14. The fourth-order valence-electron chi connectivity index (χ4n) is 2.64. The Hall–Kier alpha value is -2.09. The van der Waals surface area contributed by atoms with Gasteiger partial charge >= 0.3 is 0 Å². The third-order valence-corrected chi connectivity index (χ3v) is 4.89. The highest BCUT2D eigenvalue weighted by atomic mass is 79.9. The van der Waals surface area contributed by atoms with Crippen LogP contribution >= 0.6 is 39.9 Å². The average Bonchev–Trinajstić information content (AvgIpc) is 3.07. The average molecular weight is 453 g/mol. The standard InChI is InChI=1S/C18H14ClN3O2S.BrH/c1-22-15-8-11(19)7-13(17(15)24-9-16(22)23)14-10-25-18(21-14)20-12-5-3-2-4-6-12;/h2-8,10H,9H2,1H3,(H,20,21);1H. The minimum Gasteiger partial charge on any atom is -0.481 e. The molecule has 8 heteroatoms. The van der Waals surface area contributed by atoms with Crippen LogP contribution in [0.15, 0.2) is 47.8 Å². The van der Waals surface area contributed by atoms with Gasteiger partial charge in [-0.2, -0.15) is 0 Å². The van der Waals surface area contributed by atoms with E-state index in [1.54, 1.807) is 18.0 Å². The van der Waals surface area contributed by atoms with Crippen LogP contribution in [0.4, 0.5) is 16.5 Å². The summed E-state index contributed by atoms with van der Waals surface area (Å²) < 4.78 is 5.67. The van der Waals surface area contributed by atoms with Crippen molar-refractivity contribution in [2.75, 3.05) is 23.9 Å². The number of carbonyl (C=O) groups excluding carboxylic acids is 1. The number of halogens is 2. The minimum atomic E-state index is -0.106. The molecule has 4 rings (SSSR count). The van der Waals surface area contributed by atoms with Gasteiger partial charge in [0.05, 0.1) is 11.4 Å². The van der Waals surface area contributed by atoms with Gasteiger partial charge in [0.2, 0.25) is 0 Å². The molecule has 0 unspecified atom stereocenters. The normalized spacial score (nSPS) is 12.8. The zero-order valence-corrected chi connectivity index (χ0v) is 17.0. The van der Waals surface area contributed by atoms with Gasteiger partial charge in [-0.1, -0.05) is 29.8 Å². The van der Waals surface area contributed by atoms with Crippen LogP contribution in [0.5, 0.6) is 5.75 Å². The van der Waals surface area contributed by atoms with Gasteiger partial charge in [-0.3, -0.25) is 4.79 Å². The maximum Gasteiger partial charge on any atom is 0.264 e. The van der Waals surface area contributed by atoms with Gasteiger partial charge in [0, 0.05) is 28.7 Å². The van der Waals surface area contributed by atoms with Crippen LogP contribution in [0, 0.1) is 0 Å². The van der Waals surface area contributed by atoms with E-state index in [4.69, 9.17) is 16.3 Å². The number of hydrogen-bond donors (Lipinski definition) is 1. The summed E-state index contributed by atoms with van der Waals surface area (Å²) in [5, 5.41) is 6.52. The van der Waals surface area contributed by atoms with Crippen LogP contribution in [0.2, 0.25) is 5.02 Å². The summed E-state index contributed by atoms with van der Waals surface area (Å²) in [4.78, 5) is 18.1. The van der Waals surface area contributed by atoms with E-state index in [9.17, 15) is 4.79 Å². The lowest BCUT2D eigenvalue weighted by molar-refractivity contribution is -0.120. The van der Waals surface area contributed by atoms with Crippen molar-refractivity contribution in [2.24, 2.45) is 0 Å². The zero-order valence-electron chi connectivity index (χ0n) is 13.7. The van der Waals surface area contributed by atoms with Gasteiger partial charge in [0.25, 0.3) is 5.91 Å². The fraction of sp³-hybridized carbons (Fsp3) is 0.111. The molecule has 134 valence electrons. The Kier molecular flexibility index (Phi) is 5.50. The number of anilines is 3. The number of nitrogens with one attached hydrogen (secondary N) is 1. The summed E-state index contributed by atoms with van der Waals surface area (Å²) in [6.07, 6.45) is 0. The lowest BCUT2D eigenvalue weighted by atomic mass is 10.1. The molecule has 1 aliphatic rings. The molecule has 1 N–H and O–H groups in total. The van der Waals surface area contributed by atoms with Crippen LogP contribution in [-0.2, 0) is 4.79 Å². The summed E-state index contributed by atoms with van der Waals surface area (Å²) >= 11 is 7.74. The second-order valence-electron chi connectivity index (χ2n) is 5.57. The Bertz CT molecular complexity index is 949. The number of amides is 1. The predicted molar refractivity (Wildman–Crippen MR) is 112 cm³/mol.